The van der Waals surface area contributed by atoms with Crippen molar-refractivity contribution in [3.05, 3.63) is 0 Å². The Morgan fingerprint density at radius 1 is 1.53 bits per heavy atom. The maximum atomic E-state index is 10.9. The molecular formula is C11H21NO3. The van der Waals surface area contributed by atoms with Gasteiger partial charge in [0.25, 0.3) is 0 Å². The Morgan fingerprint density at radius 2 is 2.27 bits per heavy atom. The molecule has 1 aliphatic rings. The van der Waals surface area contributed by atoms with Gasteiger partial charge in [-0.1, -0.05) is 13.3 Å². The molecule has 0 saturated heterocycles. The van der Waals surface area contributed by atoms with Gasteiger partial charge in [0.05, 0.1) is 0 Å². The predicted octanol–water partition coefficient (Wildman–Crippen LogP) is 1.40. The van der Waals surface area contributed by atoms with E-state index in [1.807, 2.05) is 0 Å². The summed E-state index contributed by atoms with van der Waals surface area (Å²) in [6.07, 6.45) is 4.95. The number of hydrogen-bond donors (Lipinski definition) is 2. The molecule has 1 atom stereocenters. The van der Waals surface area contributed by atoms with E-state index in [1.54, 1.807) is 0 Å². The summed E-state index contributed by atoms with van der Waals surface area (Å²) < 4.78 is 5.35. The zero-order chi connectivity index (χ0) is 11.1. The first-order valence-corrected chi connectivity index (χ1v) is 5.80. The molecule has 4 nitrogen and oxygen atoms in total. The van der Waals surface area contributed by atoms with Crippen molar-refractivity contribution in [2.45, 2.75) is 51.1 Å². The molecule has 1 fully saturated rings. The van der Waals surface area contributed by atoms with Gasteiger partial charge in [-0.2, -0.15) is 0 Å². The summed E-state index contributed by atoms with van der Waals surface area (Å²) in [5.41, 5.74) is 0. The Morgan fingerprint density at radius 3 is 2.80 bits per heavy atom. The molecular weight excluding hydrogens is 194 g/mol. The molecule has 0 aromatic heterocycles. The van der Waals surface area contributed by atoms with Crippen LogP contribution in [-0.4, -0.2) is 36.4 Å². The number of carboxylic acids is 1. The molecule has 0 spiro atoms. The topological polar surface area (TPSA) is 58.6 Å². The van der Waals surface area contributed by atoms with E-state index in [-0.39, 0.29) is 0 Å². The molecule has 2 N–H and O–H groups in total. The lowest BCUT2D eigenvalue weighted by atomic mass is 10.2. The first kappa shape index (κ1) is 12.5. The maximum Gasteiger partial charge on any atom is 0.320 e. The van der Waals surface area contributed by atoms with Gasteiger partial charge < -0.3 is 15.2 Å². The minimum Gasteiger partial charge on any atom is -0.480 e. The van der Waals surface area contributed by atoms with Crippen molar-refractivity contribution >= 4 is 5.97 Å². The van der Waals surface area contributed by atoms with E-state index in [0.29, 0.717) is 19.1 Å². The van der Waals surface area contributed by atoms with E-state index in [2.05, 4.69) is 12.2 Å². The minimum absolute atomic E-state index is 0.431. The molecule has 1 saturated carbocycles. The molecule has 1 unspecified atom stereocenters. The van der Waals surface area contributed by atoms with Gasteiger partial charge in [0.15, 0.2) is 0 Å². The summed E-state index contributed by atoms with van der Waals surface area (Å²) >= 11 is 0. The summed E-state index contributed by atoms with van der Waals surface area (Å²) in [7, 11) is 0. The van der Waals surface area contributed by atoms with Gasteiger partial charge in [0, 0.05) is 19.3 Å². The van der Waals surface area contributed by atoms with Gasteiger partial charge in [-0.05, 0) is 25.7 Å². The highest BCUT2D eigenvalue weighted by Crippen LogP contribution is 2.19. The fourth-order valence-electron chi connectivity index (χ4n) is 1.36. The van der Waals surface area contributed by atoms with Gasteiger partial charge in [-0.15, -0.1) is 0 Å². The average Bonchev–Trinajstić information content (AvgIpc) is 2.99. The summed E-state index contributed by atoms with van der Waals surface area (Å²) in [5, 5.41) is 12.0. The van der Waals surface area contributed by atoms with Crippen LogP contribution in [0.4, 0.5) is 0 Å². The van der Waals surface area contributed by atoms with E-state index < -0.39 is 12.0 Å². The van der Waals surface area contributed by atoms with Crippen LogP contribution in [0.3, 0.4) is 0 Å². The number of unbranched alkanes of at least 4 members (excludes halogenated alkanes) is 1. The number of aliphatic carboxylic acids is 1. The second kappa shape index (κ2) is 6.80. The molecule has 1 aliphatic carbocycles. The Labute approximate surface area is 91.0 Å². The van der Waals surface area contributed by atoms with Crippen LogP contribution < -0.4 is 5.32 Å². The fraction of sp³-hybridized carbons (Fsp3) is 0.909. The van der Waals surface area contributed by atoms with Crippen LogP contribution in [0.5, 0.6) is 0 Å². The van der Waals surface area contributed by atoms with Crippen molar-refractivity contribution in [1.82, 2.24) is 5.32 Å². The van der Waals surface area contributed by atoms with Gasteiger partial charge in [-0.3, -0.25) is 4.79 Å². The fourth-order valence-corrected chi connectivity index (χ4v) is 1.36. The lowest BCUT2D eigenvalue weighted by molar-refractivity contribution is -0.140. The molecule has 0 aromatic rings. The summed E-state index contributed by atoms with van der Waals surface area (Å²) in [4.78, 5) is 10.9. The molecule has 4 heteroatoms. The molecule has 0 aliphatic heterocycles. The first-order chi connectivity index (χ1) is 7.24. The van der Waals surface area contributed by atoms with Crippen LogP contribution in [0.25, 0.3) is 0 Å². The van der Waals surface area contributed by atoms with Crippen LogP contribution >= 0.6 is 0 Å². The molecule has 0 amide bonds. The van der Waals surface area contributed by atoms with Crippen LogP contribution in [0.15, 0.2) is 0 Å². The van der Waals surface area contributed by atoms with Gasteiger partial charge in [0.2, 0.25) is 0 Å². The van der Waals surface area contributed by atoms with Crippen molar-refractivity contribution < 1.29 is 14.6 Å². The van der Waals surface area contributed by atoms with E-state index in [4.69, 9.17) is 9.84 Å². The third-order valence-electron chi connectivity index (χ3n) is 2.51. The van der Waals surface area contributed by atoms with Crippen molar-refractivity contribution in [2.75, 3.05) is 13.2 Å². The zero-order valence-corrected chi connectivity index (χ0v) is 9.37. The molecule has 0 aromatic carbocycles. The van der Waals surface area contributed by atoms with Crippen LogP contribution in [0, 0.1) is 0 Å². The average molecular weight is 215 g/mol. The highest BCUT2D eigenvalue weighted by Gasteiger charge is 2.27. The second-order valence-corrected chi connectivity index (χ2v) is 4.09. The van der Waals surface area contributed by atoms with Crippen molar-refractivity contribution in [3.8, 4) is 0 Å². The van der Waals surface area contributed by atoms with E-state index in [1.165, 1.54) is 0 Å². The summed E-state index contributed by atoms with van der Waals surface area (Å²) in [6, 6.07) is 0.000804. The predicted molar refractivity (Wildman–Crippen MR) is 57.9 cm³/mol. The number of nitrogens with one attached hydrogen (secondary N) is 1. The molecule has 88 valence electrons. The normalized spacial score (nSPS) is 17.7. The minimum atomic E-state index is -0.763. The van der Waals surface area contributed by atoms with Crippen molar-refractivity contribution in [3.63, 3.8) is 0 Å². The third-order valence-corrected chi connectivity index (χ3v) is 2.51. The third kappa shape index (κ3) is 5.74. The zero-order valence-electron chi connectivity index (χ0n) is 9.37. The molecule has 1 rings (SSSR count). The monoisotopic (exact) mass is 215 g/mol. The van der Waals surface area contributed by atoms with Gasteiger partial charge >= 0.3 is 5.97 Å². The Hall–Kier alpha value is -0.610. The maximum absolute atomic E-state index is 10.9. The van der Waals surface area contributed by atoms with Gasteiger partial charge in [0.1, 0.15) is 6.04 Å². The standard InChI is InChI=1S/C11H21NO3/c1-2-3-7-15-8-6-10(11(13)14)12-9-4-5-9/h9-10,12H,2-8H2,1H3,(H,13,14). The Balaban J connectivity index is 2.05. The smallest absolute Gasteiger partial charge is 0.320 e. The number of ether oxygens (including phenoxy) is 1. The van der Waals surface area contributed by atoms with Gasteiger partial charge in [-0.25, -0.2) is 0 Å². The summed E-state index contributed by atoms with van der Waals surface area (Å²) in [5.74, 6) is -0.763. The van der Waals surface area contributed by atoms with E-state index in [9.17, 15) is 4.79 Å². The number of carboxylic acid groups (broad SMARTS) is 1. The highest BCUT2D eigenvalue weighted by atomic mass is 16.5. The lowest BCUT2D eigenvalue weighted by Gasteiger charge is -2.13. The first-order valence-electron chi connectivity index (χ1n) is 5.80. The van der Waals surface area contributed by atoms with Crippen molar-refractivity contribution in [2.24, 2.45) is 0 Å². The Kier molecular flexibility index (Phi) is 5.65. The second-order valence-electron chi connectivity index (χ2n) is 4.09. The Bertz CT molecular complexity index is 192. The van der Waals surface area contributed by atoms with Crippen LogP contribution in [0.1, 0.15) is 39.0 Å². The molecule has 0 radical (unpaired) electrons. The molecule has 0 bridgehead atoms. The van der Waals surface area contributed by atoms with Crippen LogP contribution in [0.2, 0.25) is 0 Å². The molecule has 15 heavy (non-hydrogen) atoms. The number of hydrogen-bond acceptors (Lipinski definition) is 3. The van der Waals surface area contributed by atoms with E-state index in [0.717, 1.165) is 32.3 Å². The van der Waals surface area contributed by atoms with E-state index >= 15 is 0 Å². The largest absolute Gasteiger partial charge is 0.480 e. The summed E-state index contributed by atoms with van der Waals surface area (Å²) in [6.45, 7) is 3.39. The number of rotatable bonds is 9. The van der Waals surface area contributed by atoms with Crippen molar-refractivity contribution in [1.29, 1.82) is 0 Å². The lowest BCUT2D eigenvalue weighted by Crippen LogP contribution is -2.39. The highest BCUT2D eigenvalue weighted by molar-refractivity contribution is 5.73. The quantitative estimate of drug-likeness (QED) is 0.571. The SMILES string of the molecule is CCCCOCCC(NC1CC1)C(=O)O. The number of carbonyl (C=O) groups is 1. The van der Waals surface area contributed by atoms with Crippen LogP contribution in [-0.2, 0) is 9.53 Å². The molecule has 0 heterocycles.